The molecule has 1 aromatic rings. The van der Waals surface area contributed by atoms with E-state index in [0.29, 0.717) is 22.9 Å². The minimum Gasteiger partial charge on any atom is -0.507 e. The molecule has 0 aromatic heterocycles. The van der Waals surface area contributed by atoms with E-state index >= 15 is 0 Å². The zero-order valence-electron chi connectivity index (χ0n) is 9.68. The van der Waals surface area contributed by atoms with Crippen LogP contribution in [0, 0.1) is 0 Å². The summed E-state index contributed by atoms with van der Waals surface area (Å²) in [6, 6.07) is 2.12. The number of alkyl halides is 3. The molecule has 2 rings (SSSR count). The van der Waals surface area contributed by atoms with Gasteiger partial charge < -0.3 is 10.8 Å². The van der Waals surface area contributed by atoms with Gasteiger partial charge in [-0.2, -0.15) is 13.2 Å². The molecule has 0 amide bonds. The second-order valence-corrected chi connectivity index (χ2v) is 5.71. The molecule has 2 nitrogen and oxygen atoms in total. The maximum atomic E-state index is 12.8. The first kappa shape index (κ1) is 13.7. The zero-order chi connectivity index (χ0) is 13.7. The number of halogens is 4. The number of phenols is 1. The Hall–Kier alpha value is -0.750. The highest BCUT2D eigenvalue weighted by Crippen LogP contribution is 2.55. The summed E-state index contributed by atoms with van der Waals surface area (Å²) in [7, 11) is 0. The average molecular weight is 324 g/mol. The Kier molecular flexibility index (Phi) is 3.14. The van der Waals surface area contributed by atoms with E-state index in [0.717, 1.165) is 6.07 Å². The molecule has 1 saturated carbocycles. The van der Waals surface area contributed by atoms with Crippen LogP contribution in [0.15, 0.2) is 16.6 Å². The van der Waals surface area contributed by atoms with Gasteiger partial charge >= 0.3 is 6.18 Å². The van der Waals surface area contributed by atoms with Crippen molar-refractivity contribution >= 4 is 15.9 Å². The first-order valence-corrected chi connectivity index (χ1v) is 6.33. The van der Waals surface area contributed by atoms with Crippen LogP contribution in [0.5, 0.6) is 5.75 Å². The van der Waals surface area contributed by atoms with Crippen LogP contribution in [-0.4, -0.2) is 11.1 Å². The second-order valence-electron chi connectivity index (χ2n) is 4.79. The first-order valence-electron chi connectivity index (χ1n) is 5.54. The van der Waals surface area contributed by atoms with Crippen molar-refractivity contribution in [2.75, 3.05) is 0 Å². The lowest BCUT2D eigenvalue weighted by atomic mass is 9.87. The van der Waals surface area contributed by atoms with Crippen molar-refractivity contribution in [1.29, 1.82) is 0 Å². The molecule has 1 aliphatic carbocycles. The molecule has 3 N–H and O–H groups in total. The number of hydrogen-bond donors (Lipinski definition) is 2. The highest BCUT2D eigenvalue weighted by atomic mass is 79.9. The molecule has 0 aliphatic heterocycles. The standard InChI is InChI=1S/C12H13BrF3NO/c1-6(17)11(2-3-11)8-4-7(13)5-9(10(8)18)12(14,15)16/h4-6,18H,2-3,17H2,1H3. The lowest BCUT2D eigenvalue weighted by Gasteiger charge is -2.23. The third-order valence-corrected chi connectivity index (χ3v) is 4.03. The quantitative estimate of drug-likeness (QED) is 0.874. The average Bonchev–Trinajstić information content (AvgIpc) is 3.00. The third-order valence-electron chi connectivity index (χ3n) is 3.58. The van der Waals surface area contributed by atoms with Crippen LogP contribution in [0.25, 0.3) is 0 Å². The molecule has 0 saturated heterocycles. The number of benzene rings is 1. The minimum absolute atomic E-state index is 0.291. The van der Waals surface area contributed by atoms with Gasteiger partial charge in [-0.1, -0.05) is 15.9 Å². The summed E-state index contributed by atoms with van der Waals surface area (Å²) < 4.78 is 38.7. The van der Waals surface area contributed by atoms with Gasteiger partial charge in [0.1, 0.15) is 5.75 Å². The number of aromatic hydroxyl groups is 1. The molecular weight excluding hydrogens is 311 g/mol. The Labute approximate surface area is 111 Å². The van der Waals surface area contributed by atoms with Crippen molar-refractivity contribution in [2.45, 2.75) is 37.4 Å². The van der Waals surface area contributed by atoms with Gasteiger partial charge in [-0.3, -0.25) is 0 Å². The van der Waals surface area contributed by atoms with E-state index < -0.39 is 22.9 Å². The van der Waals surface area contributed by atoms with Crippen molar-refractivity contribution in [2.24, 2.45) is 5.73 Å². The Bertz CT molecular complexity index is 481. The summed E-state index contributed by atoms with van der Waals surface area (Å²) in [5.41, 5.74) is 4.59. The fraction of sp³-hybridized carbons (Fsp3) is 0.500. The van der Waals surface area contributed by atoms with Gasteiger partial charge in [-0.15, -0.1) is 0 Å². The second kappa shape index (κ2) is 4.13. The summed E-state index contributed by atoms with van der Waals surface area (Å²) in [6.45, 7) is 1.75. The highest BCUT2D eigenvalue weighted by molar-refractivity contribution is 9.10. The summed E-state index contributed by atoms with van der Waals surface area (Å²) >= 11 is 3.06. The molecule has 0 heterocycles. The lowest BCUT2D eigenvalue weighted by molar-refractivity contribution is -0.138. The summed E-state index contributed by atoms with van der Waals surface area (Å²) in [5, 5.41) is 9.88. The van der Waals surface area contributed by atoms with Crippen LogP contribution in [0.4, 0.5) is 13.2 Å². The topological polar surface area (TPSA) is 46.2 Å². The first-order chi connectivity index (χ1) is 8.18. The van der Waals surface area contributed by atoms with Crippen molar-refractivity contribution in [3.8, 4) is 5.75 Å². The van der Waals surface area contributed by atoms with E-state index in [4.69, 9.17) is 5.73 Å². The number of nitrogens with two attached hydrogens (primary N) is 1. The van der Waals surface area contributed by atoms with Gasteiger partial charge in [0.25, 0.3) is 0 Å². The van der Waals surface area contributed by atoms with Crippen LogP contribution in [0.1, 0.15) is 30.9 Å². The summed E-state index contributed by atoms with van der Waals surface area (Å²) in [5.74, 6) is -0.694. The molecule has 6 heteroatoms. The monoisotopic (exact) mass is 323 g/mol. The van der Waals surface area contributed by atoms with Crippen molar-refractivity contribution in [3.63, 3.8) is 0 Å². The van der Waals surface area contributed by atoms with E-state index in [9.17, 15) is 18.3 Å². The zero-order valence-corrected chi connectivity index (χ0v) is 11.3. The Morgan fingerprint density at radius 1 is 1.39 bits per heavy atom. The van der Waals surface area contributed by atoms with E-state index in [1.54, 1.807) is 6.92 Å². The van der Waals surface area contributed by atoms with Crippen molar-refractivity contribution < 1.29 is 18.3 Å². The van der Waals surface area contributed by atoms with Gasteiger partial charge in [-0.25, -0.2) is 0 Å². The highest BCUT2D eigenvalue weighted by Gasteiger charge is 2.50. The Morgan fingerprint density at radius 3 is 2.33 bits per heavy atom. The minimum atomic E-state index is -4.57. The molecule has 1 aliphatic rings. The maximum Gasteiger partial charge on any atom is 0.420 e. The number of phenolic OH excluding ortho intramolecular Hbond substituents is 1. The molecule has 0 spiro atoms. The van der Waals surface area contributed by atoms with Crippen LogP contribution in [0.3, 0.4) is 0 Å². The normalized spacial score (nSPS) is 19.7. The largest absolute Gasteiger partial charge is 0.507 e. The molecule has 0 bridgehead atoms. The van der Waals surface area contributed by atoms with Gasteiger partial charge in [-0.05, 0) is 31.9 Å². The Morgan fingerprint density at radius 2 is 1.94 bits per heavy atom. The van der Waals surface area contributed by atoms with E-state index in [2.05, 4.69) is 15.9 Å². The van der Waals surface area contributed by atoms with Gasteiger partial charge in [0, 0.05) is 21.5 Å². The lowest BCUT2D eigenvalue weighted by Crippen LogP contribution is -2.32. The maximum absolute atomic E-state index is 12.8. The molecule has 18 heavy (non-hydrogen) atoms. The van der Waals surface area contributed by atoms with E-state index in [1.165, 1.54) is 6.07 Å². The van der Waals surface area contributed by atoms with Crippen LogP contribution in [0.2, 0.25) is 0 Å². The SMILES string of the molecule is CC(N)C1(c2cc(Br)cc(C(F)(F)F)c2O)CC1. The molecule has 1 fully saturated rings. The fourth-order valence-electron chi connectivity index (χ4n) is 2.30. The number of rotatable bonds is 2. The predicted molar refractivity (Wildman–Crippen MR) is 65.4 cm³/mol. The van der Waals surface area contributed by atoms with Crippen molar-refractivity contribution in [1.82, 2.24) is 0 Å². The molecule has 1 aromatic carbocycles. The smallest absolute Gasteiger partial charge is 0.420 e. The number of hydrogen-bond acceptors (Lipinski definition) is 2. The summed E-state index contributed by atoms with van der Waals surface area (Å²) in [4.78, 5) is 0. The van der Waals surface area contributed by atoms with E-state index in [1.807, 2.05) is 0 Å². The molecule has 0 radical (unpaired) electrons. The van der Waals surface area contributed by atoms with Crippen LogP contribution < -0.4 is 5.73 Å². The van der Waals surface area contributed by atoms with E-state index in [-0.39, 0.29) is 6.04 Å². The van der Waals surface area contributed by atoms with Gasteiger partial charge in [0.05, 0.1) is 5.56 Å². The van der Waals surface area contributed by atoms with Crippen LogP contribution >= 0.6 is 15.9 Å². The molecule has 100 valence electrons. The van der Waals surface area contributed by atoms with Crippen molar-refractivity contribution in [3.05, 3.63) is 27.7 Å². The molecule has 1 unspecified atom stereocenters. The summed E-state index contributed by atoms with van der Waals surface area (Å²) in [6.07, 6.45) is -3.17. The molecule has 1 atom stereocenters. The third kappa shape index (κ3) is 2.12. The Balaban J connectivity index is 2.60. The van der Waals surface area contributed by atoms with Gasteiger partial charge in [0.15, 0.2) is 0 Å². The molecular formula is C12H13BrF3NO. The van der Waals surface area contributed by atoms with Crippen LogP contribution in [-0.2, 0) is 11.6 Å². The fourth-order valence-corrected chi connectivity index (χ4v) is 2.76. The van der Waals surface area contributed by atoms with Gasteiger partial charge in [0.2, 0.25) is 0 Å². The predicted octanol–water partition coefficient (Wildman–Crippen LogP) is 3.55.